The minimum absolute atomic E-state index is 0.630. The van der Waals surface area contributed by atoms with E-state index in [9.17, 15) is 0 Å². The van der Waals surface area contributed by atoms with Crippen LogP contribution in [-0.2, 0) is 0 Å². The molecule has 0 aliphatic heterocycles. The van der Waals surface area contributed by atoms with Crippen LogP contribution in [0.1, 0.15) is 64.2 Å². The van der Waals surface area contributed by atoms with Gasteiger partial charge in [0.05, 0.1) is 0 Å². The molecule has 0 aromatic heterocycles. The summed E-state index contributed by atoms with van der Waals surface area (Å²) in [7, 11) is 0. The van der Waals surface area contributed by atoms with E-state index in [1.807, 2.05) is 0 Å². The Morgan fingerprint density at radius 1 is 0.733 bits per heavy atom. The minimum Gasteiger partial charge on any atom is -0.313 e. The molecule has 2 saturated carbocycles. The second-order valence-corrected chi connectivity index (χ2v) is 5.54. The van der Waals surface area contributed by atoms with E-state index in [4.69, 9.17) is 5.41 Å². The fraction of sp³-hybridized carbons (Fsp3) is 0.929. The minimum atomic E-state index is 0.630. The third kappa shape index (κ3) is 2.83. The molecule has 0 saturated heterocycles. The van der Waals surface area contributed by atoms with Crippen molar-refractivity contribution in [3.63, 3.8) is 0 Å². The van der Waals surface area contributed by atoms with Crippen molar-refractivity contribution in [2.45, 2.75) is 64.2 Å². The highest BCUT2D eigenvalue weighted by Gasteiger charge is 2.29. The van der Waals surface area contributed by atoms with Gasteiger partial charge in [-0.1, -0.05) is 38.5 Å². The van der Waals surface area contributed by atoms with Crippen LogP contribution in [0, 0.1) is 23.2 Å². The highest BCUT2D eigenvalue weighted by Crippen LogP contribution is 2.38. The molecule has 1 N–H and O–H groups in total. The number of hydrogen-bond donors (Lipinski definition) is 1. The van der Waals surface area contributed by atoms with Crippen LogP contribution < -0.4 is 0 Å². The van der Waals surface area contributed by atoms with E-state index in [0.29, 0.717) is 5.92 Å². The van der Waals surface area contributed by atoms with Gasteiger partial charge in [0.2, 0.25) is 0 Å². The average molecular weight is 207 g/mol. The molecule has 0 amide bonds. The summed E-state index contributed by atoms with van der Waals surface area (Å²) in [4.78, 5) is 0. The SMILES string of the molecule is N=CC(C1CCCCC1)C1CCCCC1. The molecule has 0 atom stereocenters. The summed E-state index contributed by atoms with van der Waals surface area (Å²) < 4.78 is 0. The molecule has 2 fully saturated rings. The first-order chi connectivity index (χ1) is 7.42. The quantitative estimate of drug-likeness (QED) is 0.663. The molecule has 1 heteroatoms. The Labute approximate surface area is 94.2 Å². The molecular weight excluding hydrogens is 182 g/mol. The second-order valence-electron chi connectivity index (χ2n) is 5.54. The van der Waals surface area contributed by atoms with E-state index in [1.54, 1.807) is 6.21 Å². The Balaban J connectivity index is 1.91. The molecule has 0 unspecified atom stereocenters. The highest BCUT2D eigenvalue weighted by atomic mass is 14.4. The molecule has 86 valence electrons. The number of rotatable bonds is 3. The van der Waals surface area contributed by atoms with Crippen molar-refractivity contribution in [1.82, 2.24) is 0 Å². The second kappa shape index (κ2) is 5.67. The lowest BCUT2D eigenvalue weighted by Crippen LogP contribution is -2.28. The van der Waals surface area contributed by atoms with Crippen molar-refractivity contribution in [1.29, 1.82) is 5.41 Å². The van der Waals surface area contributed by atoms with E-state index < -0.39 is 0 Å². The molecule has 0 heterocycles. The van der Waals surface area contributed by atoms with Gasteiger partial charge in [0, 0.05) is 0 Å². The van der Waals surface area contributed by atoms with Crippen LogP contribution in [-0.4, -0.2) is 6.21 Å². The monoisotopic (exact) mass is 207 g/mol. The van der Waals surface area contributed by atoms with Crippen molar-refractivity contribution in [3.8, 4) is 0 Å². The van der Waals surface area contributed by atoms with Crippen LogP contribution in [0.5, 0.6) is 0 Å². The van der Waals surface area contributed by atoms with Gasteiger partial charge >= 0.3 is 0 Å². The fourth-order valence-electron chi connectivity index (χ4n) is 3.70. The van der Waals surface area contributed by atoms with Gasteiger partial charge in [-0.25, -0.2) is 0 Å². The Morgan fingerprint density at radius 3 is 1.47 bits per heavy atom. The summed E-state index contributed by atoms with van der Waals surface area (Å²) in [6, 6.07) is 0. The van der Waals surface area contributed by atoms with Crippen LogP contribution in [0.2, 0.25) is 0 Å². The maximum atomic E-state index is 7.71. The predicted molar refractivity (Wildman–Crippen MR) is 65.4 cm³/mol. The fourth-order valence-corrected chi connectivity index (χ4v) is 3.70. The van der Waals surface area contributed by atoms with Crippen LogP contribution in [0.25, 0.3) is 0 Å². The molecule has 0 radical (unpaired) electrons. The molecule has 15 heavy (non-hydrogen) atoms. The van der Waals surface area contributed by atoms with Crippen molar-refractivity contribution < 1.29 is 0 Å². The average Bonchev–Trinajstić information content (AvgIpc) is 2.33. The summed E-state index contributed by atoms with van der Waals surface area (Å²) in [6.45, 7) is 0. The van der Waals surface area contributed by atoms with Crippen molar-refractivity contribution in [3.05, 3.63) is 0 Å². The summed E-state index contributed by atoms with van der Waals surface area (Å²) in [5.41, 5.74) is 0. The van der Waals surface area contributed by atoms with Crippen LogP contribution >= 0.6 is 0 Å². The van der Waals surface area contributed by atoms with Gasteiger partial charge in [0.1, 0.15) is 0 Å². The Bertz CT molecular complexity index is 170. The molecular formula is C14H25N. The molecule has 1 nitrogen and oxygen atoms in total. The van der Waals surface area contributed by atoms with Gasteiger partial charge in [0.25, 0.3) is 0 Å². The van der Waals surface area contributed by atoms with E-state index in [1.165, 1.54) is 64.2 Å². The Kier molecular flexibility index (Phi) is 4.22. The molecule has 2 aliphatic rings. The lowest BCUT2D eigenvalue weighted by atomic mass is 9.70. The van der Waals surface area contributed by atoms with Crippen LogP contribution in [0.3, 0.4) is 0 Å². The van der Waals surface area contributed by atoms with Gasteiger partial charge in [-0.2, -0.15) is 0 Å². The molecule has 0 spiro atoms. The maximum Gasteiger partial charge on any atom is -0.000832 e. The highest BCUT2D eigenvalue weighted by molar-refractivity contribution is 5.57. The summed E-state index contributed by atoms with van der Waals surface area (Å²) in [6.07, 6.45) is 15.9. The van der Waals surface area contributed by atoms with Crippen molar-refractivity contribution in [2.24, 2.45) is 17.8 Å². The van der Waals surface area contributed by atoms with Gasteiger partial charge < -0.3 is 5.41 Å². The maximum absolute atomic E-state index is 7.71. The molecule has 2 aliphatic carbocycles. The third-order valence-corrected chi connectivity index (χ3v) is 4.58. The van der Waals surface area contributed by atoms with Gasteiger partial charge in [0.15, 0.2) is 0 Å². The first-order valence-corrected chi connectivity index (χ1v) is 6.92. The topological polar surface area (TPSA) is 23.9 Å². The van der Waals surface area contributed by atoms with Crippen molar-refractivity contribution >= 4 is 6.21 Å². The first-order valence-electron chi connectivity index (χ1n) is 6.92. The third-order valence-electron chi connectivity index (χ3n) is 4.58. The van der Waals surface area contributed by atoms with Crippen LogP contribution in [0.4, 0.5) is 0 Å². The summed E-state index contributed by atoms with van der Waals surface area (Å²) in [5, 5.41) is 7.71. The number of nitrogens with one attached hydrogen (secondary N) is 1. The molecule has 0 bridgehead atoms. The zero-order valence-corrected chi connectivity index (χ0v) is 9.88. The summed E-state index contributed by atoms with van der Waals surface area (Å²) in [5.74, 6) is 2.35. The lowest BCUT2D eigenvalue weighted by Gasteiger charge is -2.35. The van der Waals surface area contributed by atoms with E-state index >= 15 is 0 Å². The summed E-state index contributed by atoms with van der Waals surface area (Å²) >= 11 is 0. The lowest BCUT2D eigenvalue weighted by molar-refractivity contribution is 0.199. The zero-order valence-electron chi connectivity index (χ0n) is 9.88. The van der Waals surface area contributed by atoms with Crippen molar-refractivity contribution in [2.75, 3.05) is 0 Å². The largest absolute Gasteiger partial charge is 0.313 e. The van der Waals surface area contributed by atoms with E-state index in [-0.39, 0.29) is 0 Å². The Hall–Kier alpha value is -0.330. The standard InChI is InChI=1S/C14H25N/c15-11-14(12-7-3-1-4-8-12)13-9-5-2-6-10-13/h11-15H,1-10H2. The predicted octanol–water partition coefficient (Wildman–Crippen LogP) is 4.41. The Morgan fingerprint density at radius 2 is 1.13 bits per heavy atom. The zero-order chi connectivity index (χ0) is 10.5. The first kappa shape index (κ1) is 11.2. The van der Waals surface area contributed by atoms with Gasteiger partial charge in [-0.3, -0.25) is 0 Å². The molecule has 2 rings (SSSR count). The van der Waals surface area contributed by atoms with E-state index in [0.717, 1.165) is 11.8 Å². The molecule has 0 aromatic rings. The normalized spacial score (nSPS) is 25.7. The smallest absolute Gasteiger partial charge is 0.000832 e. The van der Waals surface area contributed by atoms with Crippen LogP contribution in [0.15, 0.2) is 0 Å². The van der Waals surface area contributed by atoms with Gasteiger partial charge in [-0.05, 0) is 49.7 Å². The van der Waals surface area contributed by atoms with E-state index in [2.05, 4.69) is 0 Å². The van der Waals surface area contributed by atoms with Gasteiger partial charge in [-0.15, -0.1) is 0 Å². The molecule has 0 aromatic carbocycles. The number of hydrogen-bond acceptors (Lipinski definition) is 1.